The number of hydrogen-bond donors (Lipinski definition) is 3. The Bertz CT molecular complexity index is 411. The number of carboxylic acids is 1. The number of nitrogens with one attached hydrogen (secondary N) is 2. The van der Waals surface area contributed by atoms with E-state index in [-0.39, 0.29) is 12.5 Å². The quantitative estimate of drug-likeness (QED) is 0.667. The van der Waals surface area contributed by atoms with Crippen LogP contribution in [0.3, 0.4) is 0 Å². The molecule has 0 aliphatic heterocycles. The molecule has 104 valence electrons. The lowest BCUT2D eigenvalue weighted by molar-refractivity contribution is -0.138. The van der Waals surface area contributed by atoms with Gasteiger partial charge in [-0.05, 0) is 25.7 Å². The minimum atomic E-state index is -3.59. The van der Waals surface area contributed by atoms with Crippen molar-refractivity contribution in [1.82, 2.24) is 9.44 Å². The van der Waals surface area contributed by atoms with Crippen molar-refractivity contribution in [3.63, 3.8) is 0 Å². The molecule has 0 bridgehead atoms. The van der Waals surface area contributed by atoms with Crippen molar-refractivity contribution in [2.24, 2.45) is 0 Å². The van der Waals surface area contributed by atoms with Crippen LogP contribution in [0, 0.1) is 0 Å². The Hall–Kier alpha value is -0.660. The van der Waals surface area contributed by atoms with Crippen LogP contribution in [0.4, 0.5) is 0 Å². The van der Waals surface area contributed by atoms with Crippen LogP contribution < -0.4 is 9.44 Å². The van der Waals surface area contributed by atoms with Gasteiger partial charge in [-0.25, -0.2) is 0 Å². The minimum Gasteiger partial charge on any atom is -0.481 e. The molecule has 0 spiro atoms. The van der Waals surface area contributed by atoms with Gasteiger partial charge in [0.25, 0.3) is 10.2 Å². The average molecular weight is 276 g/mol. The summed E-state index contributed by atoms with van der Waals surface area (Å²) in [5, 5.41) is 8.97. The second kappa shape index (κ2) is 5.14. The SMILES string of the molecule is O=C(O)CC1(NS(=O)(=O)NC2CC2)CCCCC1. The average Bonchev–Trinajstić information content (AvgIpc) is 2.99. The van der Waals surface area contributed by atoms with E-state index in [0.29, 0.717) is 12.8 Å². The number of carbonyl (C=O) groups is 1. The molecule has 0 amide bonds. The van der Waals surface area contributed by atoms with Gasteiger partial charge in [0.15, 0.2) is 0 Å². The number of hydrogen-bond acceptors (Lipinski definition) is 3. The molecule has 2 aliphatic rings. The fourth-order valence-corrected chi connectivity index (χ4v) is 4.15. The second-order valence-corrected chi connectivity index (χ2v) is 6.86. The zero-order chi connectivity index (χ0) is 13.2. The van der Waals surface area contributed by atoms with E-state index < -0.39 is 21.7 Å². The van der Waals surface area contributed by atoms with Crippen LogP contribution in [0.25, 0.3) is 0 Å². The van der Waals surface area contributed by atoms with Crippen LogP contribution in [0.5, 0.6) is 0 Å². The van der Waals surface area contributed by atoms with Crippen LogP contribution >= 0.6 is 0 Å². The maximum atomic E-state index is 11.9. The highest BCUT2D eigenvalue weighted by Gasteiger charge is 2.39. The van der Waals surface area contributed by atoms with Crippen LogP contribution in [0.1, 0.15) is 51.4 Å². The Morgan fingerprint density at radius 3 is 2.33 bits per heavy atom. The molecule has 7 heteroatoms. The summed E-state index contributed by atoms with van der Waals surface area (Å²) in [7, 11) is -3.59. The Kier molecular flexibility index (Phi) is 3.93. The first-order chi connectivity index (χ1) is 8.41. The molecule has 2 fully saturated rings. The predicted octanol–water partition coefficient (Wildman–Crippen LogP) is 0.750. The lowest BCUT2D eigenvalue weighted by Gasteiger charge is -2.36. The van der Waals surface area contributed by atoms with Crippen LogP contribution in [0.2, 0.25) is 0 Å². The lowest BCUT2D eigenvalue weighted by Crippen LogP contribution is -2.54. The van der Waals surface area contributed by atoms with E-state index in [1.165, 1.54) is 0 Å². The van der Waals surface area contributed by atoms with E-state index in [1.54, 1.807) is 0 Å². The molecule has 0 radical (unpaired) electrons. The third-order valence-corrected chi connectivity index (χ3v) is 4.90. The van der Waals surface area contributed by atoms with Crippen molar-refractivity contribution < 1.29 is 18.3 Å². The van der Waals surface area contributed by atoms with Crippen molar-refractivity contribution in [3.8, 4) is 0 Å². The van der Waals surface area contributed by atoms with E-state index in [2.05, 4.69) is 9.44 Å². The zero-order valence-corrected chi connectivity index (χ0v) is 11.1. The largest absolute Gasteiger partial charge is 0.481 e. The number of rotatable bonds is 6. The molecule has 3 N–H and O–H groups in total. The fourth-order valence-electron chi connectivity index (χ4n) is 2.57. The van der Waals surface area contributed by atoms with Crippen molar-refractivity contribution >= 4 is 16.2 Å². The monoisotopic (exact) mass is 276 g/mol. The van der Waals surface area contributed by atoms with E-state index >= 15 is 0 Å². The Morgan fingerprint density at radius 2 is 1.83 bits per heavy atom. The molecule has 0 aromatic carbocycles. The predicted molar refractivity (Wildman–Crippen MR) is 66.3 cm³/mol. The first-order valence-electron chi connectivity index (χ1n) is 6.44. The maximum Gasteiger partial charge on any atom is 0.305 e. The molecule has 2 aliphatic carbocycles. The van der Waals surface area contributed by atoms with Crippen molar-refractivity contribution in [3.05, 3.63) is 0 Å². The standard InChI is InChI=1S/C11H20N2O4S/c14-10(15)8-11(6-2-1-3-7-11)13-18(16,17)12-9-4-5-9/h9,12-13H,1-8H2,(H,14,15). The Morgan fingerprint density at radius 1 is 1.22 bits per heavy atom. The molecule has 0 aromatic heterocycles. The molecule has 18 heavy (non-hydrogen) atoms. The van der Waals surface area contributed by atoms with Crippen molar-refractivity contribution in [2.45, 2.75) is 62.9 Å². The summed E-state index contributed by atoms with van der Waals surface area (Å²) in [4.78, 5) is 10.9. The maximum absolute atomic E-state index is 11.9. The molecule has 2 rings (SSSR count). The van der Waals surface area contributed by atoms with Gasteiger partial charge in [0.05, 0.1) is 6.42 Å². The van der Waals surface area contributed by atoms with Gasteiger partial charge in [0.2, 0.25) is 0 Å². The van der Waals surface area contributed by atoms with Gasteiger partial charge >= 0.3 is 5.97 Å². The Balaban J connectivity index is 2.05. The smallest absolute Gasteiger partial charge is 0.305 e. The number of carboxylic acid groups (broad SMARTS) is 1. The van der Waals surface area contributed by atoms with Crippen LogP contribution in [0.15, 0.2) is 0 Å². The normalized spacial score (nSPS) is 23.8. The third-order valence-electron chi connectivity index (χ3n) is 3.55. The Labute approximate surface area is 107 Å². The highest BCUT2D eigenvalue weighted by atomic mass is 32.2. The van der Waals surface area contributed by atoms with Gasteiger partial charge in [0.1, 0.15) is 0 Å². The molecule has 2 saturated carbocycles. The van der Waals surface area contributed by atoms with Crippen molar-refractivity contribution in [1.29, 1.82) is 0 Å². The first-order valence-corrected chi connectivity index (χ1v) is 7.92. The summed E-state index contributed by atoms with van der Waals surface area (Å²) >= 11 is 0. The summed E-state index contributed by atoms with van der Waals surface area (Å²) in [6, 6.07) is 0.0352. The van der Waals surface area contributed by atoms with Gasteiger partial charge in [-0.1, -0.05) is 19.3 Å². The van der Waals surface area contributed by atoms with E-state index in [4.69, 9.17) is 5.11 Å². The topological polar surface area (TPSA) is 95.5 Å². The third kappa shape index (κ3) is 3.93. The molecule has 0 aromatic rings. The van der Waals surface area contributed by atoms with Gasteiger partial charge < -0.3 is 5.11 Å². The summed E-state index contributed by atoms with van der Waals surface area (Å²) in [5.41, 5.74) is -0.801. The zero-order valence-electron chi connectivity index (χ0n) is 10.3. The molecule has 0 saturated heterocycles. The molecule has 0 unspecified atom stereocenters. The van der Waals surface area contributed by atoms with Gasteiger partial charge in [-0.15, -0.1) is 0 Å². The summed E-state index contributed by atoms with van der Waals surface area (Å²) in [6.45, 7) is 0. The van der Waals surface area contributed by atoms with E-state index in [9.17, 15) is 13.2 Å². The summed E-state index contributed by atoms with van der Waals surface area (Å²) in [5.74, 6) is -0.953. The van der Waals surface area contributed by atoms with E-state index in [0.717, 1.165) is 32.1 Å². The molecular weight excluding hydrogens is 256 g/mol. The summed E-state index contributed by atoms with van der Waals surface area (Å²) in [6.07, 6.45) is 5.59. The first kappa shape index (κ1) is 13.8. The number of aliphatic carboxylic acids is 1. The highest BCUT2D eigenvalue weighted by molar-refractivity contribution is 7.87. The van der Waals surface area contributed by atoms with Gasteiger partial charge in [0, 0.05) is 11.6 Å². The molecule has 6 nitrogen and oxygen atoms in total. The van der Waals surface area contributed by atoms with Crippen molar-refractivity contribution in [2.75, 3.05) is 0 Å². The van der Waals surface area contributed by atoms with Crippen LogP contribution in [-0.4, -0.2) is 31.1 Å². The lowest BCUT2D eigenvalue weighted by atomic mass is 9.80. The molecular formula is C11H20N2O4S. The molecule has 0 heterocycles. The highest BCUT2D eigenvalue weighted by Crippen LogP contribution is 2.32. The van der Waals surface area contributed by atoms with Gasteiger partial charge in [-0.2, -0.15) is 17.9 Å². The minimum absolute atomic E-state index is 0.0352. The molecule has 0 atom stereocenters. The second-order valence-electron chi connectivity index (χ2n) is 5.41. The van der Waals surface area contributed by atoms with Gasteiger partial charge in [-0.3, -0.25) is 4.79 Å². The van der Waals surface area contributed by atoms with Crippen LogP contribution in [-0.2, 0) is 15.0 Å². The summed E-state index contributed by atoms with van der Waals surface area (Å²) < 4.78 is 29.0. The van der Waals surface area contributed by atoms with E-state index in [1.807, 2.05) is 0 Å². The fraction of sp³-hybridized carbons (Fsp3) is 0.909.